The van der Waals surface area contributed by atoms with Gasteiger partial charge in [-0.25, -0.2) is 0 Å². The Morgan fingerprint density at radius 1 is 1.14 bits per heavy atom. The van der Waals surface area contributed by atoms with Crippen LogP contribution in [0.25, 0.3) is 22.2 Å². The topological polar surface area (TPSA) is 84.3 Å². The first kappa shape index (κ1) is 17.6. The van der Waals surface area contributed by atoms with Crippen LogP contribution in [0.1, 0.15) is 35.7 Å². The van der Waals surface area contributed by atoms with Gasteiger partial charge in [0.05, 0.1) is 5.52 Å². The van der Waals surface area contributed by atoms with Gasteiger partial charge in [0.25, 0.3) is 5.91 Å². The number of nitrogens with zero attached hydrogens (tertiary/aromatic N) is 3. The van der Waals surface area contributed by atoms with Crippen LogP contribution >= 0.6 is 0 Å². The molecule has 1 fully saturated rings. The van der Waals surface area contributed by atoms with Crippen molar-refractivity contribution in [1.82, 2.24) is 20.0 Å². The van der Waals surface area contributed by atoms with E-state index in [9.17, 15) is 14.4 Å². The van der Waals surface area contributed by atoms with E-state index in [1.54, 1.807) is 4.90 Å². The highest BCUT2D eigenvalue weighted by Gasteiger charge is 2.39. The van der Waals surface area contributed by atoms with Gasteiger partial charge in [-0.15, -0.1) is 0 Å². The molecule has 1 aromatic heterocycles. The molecule has 3 aromatic rings. The average Bonchev–Trinajstić information content (AvgIpc) is 3.26. The van der Waals surface area contributed by atoms with Gasteiger partial charge in [-0.1, -0.05) is 30.3 Å². The lowest BCUT2D eigenvalue weighted by molar-refractivity contribution is -0.136. The van der Waals surface area contributed by atoms with Crippen LogP contribution in [0, 0.1) is 0 Å². The lowest BCUT2D eigenvalue weighted by atomic mass is 10.0. The number of imide groups is 1. The van der Waals surface area contributed by atoms with Gasteiger partial charge >= 0.3 is 0 Å². The predicted molar refractivity (Wildman–Crippen MR) is 107 cm³/mol. The monoisotopic (exact) mass is 388 g/mol. The number of aryl methyl sites for hydroxylation is 1. The van der Waals surface area contributed by atoms with E-state index in [0.717, 1.165) is 34.3 Å². The van der Waals surface area contributed by atoms with Crippen LogP contribution in [0.15, 0.2) is 42.5 Å². The summed E-state index contributed by atoms with van der Waals surface area (Å²) < 4.78 is 1.95. The first-order valence-electron chi connectivity index (χ1n) is 9.80. The zero-order chi connectivity index (χ0) is 20.1. The molecule has 1 unspecified atom stereocenters. The lowest BCUT2D eigenvalue weighted by Crippen LogP contribution is -2.52. The van der Waals surface area contributed by atoms with Gasteiger partial charge in [-0.2, -0.15) is 5.10 Å². The molecule has 0 radical (unpaired) electrons. The third-order valence-electron chi connectivity index (χ3n) is 5.76. The average molecular weight is 388 g/mol. The second-order valence-corrected chi connectivity index (χ2v) is 7.45. The summed E-state index contributed by atoms with van der Waals surface area (Å²) in [6.07, 6.45) is 0.616. The van der Waals surface area contributed by atoms with E-state index >= 15 is 0 Å². The summed E-state index contributed by atoms with van der Waals surface area (Å²) in [5.41, 5.74) is 4.27. The smallest absolute Gasteiger partial charge is 0.255 e. The van der Waals surface area contributed by atoms with Gasteiger partial charge in [-0.3, -0.25) is 24.4 Å². The van der Waals surface area contributed by atoms with Crippen molar-refractivity contribution >= 4 is 28.6 Å². The molecule has 2 aliphatic heterocycles. The molecule has 3 heterocycles. The van der Waals surface area contributed by atoms with Crippen LogP contribution < -0.4 is 5.32 Å². The Morgan fingerprint density at radius 2 is 1.97 bits per heavy atom. The lowest BCUT2D eigenvalue weighted by Gasteiger charge is -2.29. The maximum atomic E-state index is 13.1. The standard InChI is InChI=1S/C22H20N4O3/c1-2-26-17-6-4-3-5-15(17)20(24-26)13-7-8-14-12-25(22(29)16(14)11-13)18-9-10-19(27)23-21(18)28/h3-8,11,18H,2,9-10,12H2,1H3,(H,23,27,28). The minimum absolute atomic E-state index is 0.171. The van der Waals surface area contributed by atoms with Gasteiger partial charge in [0.15, 0.2) is 0 Å². The molecule has 0 aliphatic carbocycles. The van der Waals surface area contributed by atoms with E-state index in [1.165, 1.54) is 0 Å². The maximum Gasteiger partial charge on any atom is 0.255 e. The fourth-order valence-electron chi connectivity index (χ4n) is 4.28. The van der Waals surface area contributed by atoms with Gasteiger partial charge in [-0.05, 0) is 31.0 Å². The van der Waals surface area contributed by atoms with Gasteiger partial charge in [0, 0.05) is 36.0 Å². The van der Waals surface area contributed by atoms with Crippen molar-refractivity contribution < 1.29 is 14.4 Å². The summed E-state index contributed by atoms with van der Waals surface area (Å²) in [4.78, 5) is 38.3. The number of fused-ring (bicyclic) bond motifs is 2. The molecular weight excluding hydrogens is 368 g/mol. The van der Waals surface area contributed by atoms with Crippen molar-refractivity contribution in [2.45, 2.75) is 38.9 Å². The molecule has 29 heavy (non-hydrogen) atoms. The highest BCUT2D eigenvalue weighted by Crippen LogP contribution is 2.33. The minimum atomic E-state index is -0.601. The first-order valence-corrected chi connectivity index (χ1v) is 9.80. The number of carbonyl (C=O) groups is 3. The molecule has 3 amide bonds. The van der Waals surface area contributed by atoms with E-state index in [4.69, 9.17) is 5.10 Å². The van der Waals surface area contributed by atoms with E-state index in [2.05, 4.69) is 5.32 Å². The summed E-state index contributed by atoms with van der Waals surface area (Å²) in [5.74, 6) is -0.845. The summed E-state index contributed by atoms with van der Waals surface area (Å²) in [6, 6.07) is 13.2. The number of aromatic nitrogens is 2. The molecule has 0 saturated carbocycles. The molecule has 0 spiro atoms. The Morgan fingerprint density at radius 3 is 2.76 bits per heavy atom. The molecule has 5 rings (SSSR count). The number of piperidine rings is 1. The molecule has 7 nitrogen and oxygen atoms in total. The SMILES string of the molecule is CCn1nc(-c2ccc3c(c2)C(=O)N(C2CCC(=O)NC2=O)C3)c2ccccc21. The van der Waals surface area contributed by atoms with E-state index in [1.807, 2.05) is 54.1 Å². The molecule has 1 saturated heterocycles. The molecular formula is C22H20N4O3. The van der Waals surface area contributed by atoms with Crippen molar-refractivity contribution in [2.75, 3.05) is 0 Å². The van der Waals surface area contributed by atoms with Crippen LogP contribution in [0.3, 0.4) is 0 Å². The Labute approximate surface area is 167 Å². The number of para-hydroxylation sites is 1. The van der Waals surface area contributed by atoms with Crippen LogP contribution in [0.5, 0.6) is 0 Å². The summed E-state index contributed by atoms with van der Waals surface area (Å²) in [5, 5.41) is 8.13. The number of benzene rings is 2. The molecule has 2 aliphatic rings. The van der Waals surface area contributed by atoms with Crippen molar-refractivity contribution in [1.29, 1.82) is 0 Å². The highest BCUT2D eigenvalue weighted by molar-refractivity contribution is 6.06. The van der Waals surface area contributed by atoms with Gasteiger partial charge in [0.1, 0.15) is 11.7 Å². The van der Waals surface area contributed by atoms with Gasteiger partial charge < -0.3 is 4.90 Å². The third-order valence-corrected chi connectivity index (χ3v) is 5.76. The summed E-state index contributed by atoms with van der Waals surface area (Å²) >= 11 is 0. The zero-order valence-corrected chi connectivity index (χ0v) is 16.0. The largest absolute Gasteiger partial charge is 0.322 e. The van der Waals surface area contributed by atoms with Crippen LogP contribution in [0.2, 0.25) is 0 Å². The normalized spacial score (nSPS) is 19.0. The fraction of sp³-hybridized carbons (Fsp3) is 0.273. The zero-order valence-electron chi connectivity index (χ0n) is 16.0. The van der Waals surface area contributed by atoms with Crippen molar-refractivity contribution in [3.8, 4) is 11.3 Å². The molecule has 1 atom stereocenters. The van der Waals surface area contributed by atoms with Crippen molar-refractivity contribution in [2.24, 2.45) is 0 Å². The van der Waals surface area contributed by atoms with Crippen LogP contribution in [0.4, 0.5) is 0 Å². The van der Waals surface area contributed by atoms with Crippen molar-refractivity contribution in [3.63, 3.8) is 0 Å². The van der Waals surface area contributed by atoms with Crippen LogP contribution in [-0.2, 0) is 22.7 Å². The molecule has 0 bridgehead atoms. The number of hydrogen-bond acceptors (Lipinski definition) is 4. The number of amides is 3. The quantitative estimate of drug-likeness (QED) is 0.699. The number of rotatable bonds is 3. The number of nitrogens with one attached hydrogen (secondary N) is 1. The number of carbonyl (C=O) groups excluding carboxylic acids is 3. The second-order valence-electron chi connectivity index (χ2n) is 7.45. The molecule has 1 N–H and O–H groups in total. The second kappa shape index (κ2) is 6.55. The number of hydrogen-bond donors (Lipinski definition) is 1. The van der Waals surface area contributed by atoms with Crippen LogP contribution in [-0.4, -0.2) is 38.4 Å². The van der Waals surface area contributed by atoms with E-state index < -0.39 is 11.9 Å². The molecule has 2 aromatic carbocycles. The molecule has 7 heteroatoms. The Hall–Kier alpha value is -3.48. The van der Waals surface area contributed by atoms with E-state index in [-0.39, 0.29) is 18.2 Å². The maximum absolute atomic E-state index is 13.1. The highest BCUT2D eigenvalue weighted by atomic mass is 16.2. The fourth-order valence-corrected chi connectivity index (χ4v) is 4.28. The molecule has 146 valence electrons. The summed E-state index contributed by atoms with van der Waals surface area (Å²) in [7, 11) is 0. The van der Waals surface area contributed by atoms with Gasteiger partial charge in [0.2, 0.25) is 11.8 Å². The van der Waals surface area contributed by atoms with Crippen molar-refractivity contribution in [3.05, 3.63) is 53.6 Å². The van der Waals surface area contributed by atoms with E-state index in [0.29, 0.717) is 18.5 Å². The first-order chi connectivity index (χ1) is 14.1. The minimum Gasteiger partial charge on any atom is -0.322 e. The predicted octanol–water partition coefficient (Wildman–Crippen LogP) is 2.48. The Balaban J connectivity index is 1.52. The summed E-state index contributed by atoms with van der Waals surface area (Å²) in [6.45, 7) is 3.19. The third kappa shape index (κ3) is 2.73. The Bertz CT molecular complexity index is 1180. The Kier molecular flexibility index (Phi) is 3.97.